The fourth-order valence-electron chi connectivity index (χ4n) is 5.43. The van der Waals surface area contributed by atoms with E-state index in [0.717, 1.165) is 80.0 Å². The van der Waals surface area contributed by atoms with E-state index < -0.39 is 0 Å². The number of hydrogen-bond donors (Lipinski definition) is 1. The van der Waals surface area contributed by atoms with Crippen molar-refractivity contribution < 1.29 is 9.47 Å². The highest BCUT2D eigenvalue weighted by atomic mass is 16.5. The van der Waals surface area contributed by atoms with Crippen LogP contribution in [0.5, 0.6) is 0 Å². The molecule has 4 aromatic rings. The van der Waals surface area contributed by atoms with Gasteiger partial charge in [-0.05, 0) is 49.9 Å². The van der Waals surface area contributed by atoms with Gasteiger partial charge in [0.25, 0.3) is 0 Å². The number of nitrogens with zero attached hydrogens (tertiary/aromatic N) is 6. The number of aromatic nitrogens is 5. The summed E-state index contributed by atoms with van der Waals surface area (Å²) in [6.45, 7) is 3.49. The molecule has 3 aromatic heterocycles. The molecule has 9 nitrogen and oxygen atoms in total. The molecule has 2 N–H and O–H groups in total. The number of rotatable bonds is 5. The lowest BCUT2D eigenvalue weighted by molar-refractivity contribution is 0.0667. The molecular weight excluding hydrogens is 442 g/mol. The molecule has 0 atom stereocenters. The number of ether oxygens (including phenoxy) is 2. The van der Waals surface area contributed by atoms with Gasteiger partial charge in [-0.25, -0.2) is 9.50 Å². The summed E-state index contributed by atoms with van der Waals surface area (Å²) >= 11 is 0. The van der Waals surface area contributed by atoms with Gasteiger partial charge in [-0.15, -0.1) is 0 Å². The Morgan fingerprint density at radius 3 is 2.63 bits per heavy atom. The summed E-state index contributed by atoms with van der Waals surface area (Å²) in [4.78, 5) is 6.74. The van der Waals surface area contributed by atoms with Crippen LogP contribution in [0.4, 0.5) is 11.5 Å². The Morgan fingerprint density at radius 2 is 1.83 bits per heavy atom. The summed E-state index contributed by atoms with van der Waals surface area (Å²) in [5, 5.41) is 9.28. The van der Waals surface area contributed by atoms with E-state index in [9.17, 15) is 0 Å². The van der Waals surface area contributed by atoms with Crippen molar-refractivity contribution in [2.45, 2.75) is 37.8 Å². The van der Waals surface area contributed by atoms with E-state index in [1.54, 1.807) is 7.11 Å². The van der Waals surface area contributed by atoms with E-state index >= 15 is 0 Å². The minimum atomic E-state index is 0.302. The van der Waals surface area contributed by atoms with E-state index in [2.05, 4.69) is 61.2 Å². The monoisotopic (exact) mass is 473 g/mol. The van der Waals surface area contributed by atoms with Crippen LogP contribution in [-0.2, 0) is 9.47 Å². The highest BCUT2D eigenvalue weighted by Gasteiger charge is 2.24. The number of fused-ring (bicyclic) bond motifs is 1. The highest BCUT2D eigenvalue weighted by Crippen LogP contribution is 2.37. The molecule has 0 aliphatic carbocycles. The second-order valence-corrected chi connectivity index (χ2v) is 9.33. The van der Waals surface area contributed by atoms with Gasteiger partial charge >= 0.3 is 0 Å². The molecule has 0 amide bonds. The zero-order valence-electron chi connectivity index (χ0n) is 20.0. The molecule has 6 rings (SSSR count). The van der Waals surface area contributed by atoms with Gasteiger partial charge in [0, 0.05) is 56.4 Å². The van der Waals surface area contributed by atoms with Crippen LogP contribution in [0.25, 0.3) is 28.0 Å². The Labute approximate surface area is 204 Å². The molecule has 5 heterocycles. The minimum Gasteiger partial charge on any atom is -0.382 e. The molecule has 2 fully saturated rings. The maximum Gasteiger partial charge on any atom is 0.152 e. The van der Waals surface area contributed by atoms with Gasteiger partial charge in [0.05, 0.1) is 23.5 Å². The van der Waals surface area contributed by atoms with Crippen molar-refractivity contribution in [3.8, 4) is 22.5 Å². The van der Waals surface area contributed by atoms with Crippen molar-refractivity contribution in [2.24, 2.45) is 0 Å². The van der Waals surface area contributed by atoms with Gasteiger partial charge in [0.2, 0.25) is 0 Å². The maximum absolute atomic E-state index is 6.41. The third-order valence-electron chi connectivity index (χ3n) is 7.35. The van der Waals surface area contributed by atoms with Crippen LogP contribution in [0.15, 0.2) is 48.9 Å². The number of methoxy groups -OCH3 is 1. The summed E-state index contributed by atoms with van der Waals surface area (Å²) < 4.78 is 15.1. The van der Waals surface area contributed by atoms with Crippen molar-refractivity contribution in [1.82, 2.24) is 24.4 Å². The van der Waals surface area contributed by atoms with E-state index in [-0.39, 0.29) is 0 Å². The van der Waals surface area contributed by atoms with Gasteiger partial charge in [0.1, 0.15) is 11.8 Å². The first-order chi connectivity index (χ1) is 17.2. The maximum atomic E-state index is 6.41. The van der Waals surface area contributed by atoms with Gasteiger partial charge in [-0.3, -0.25) is 4.68 Å². The van der Waals surface area contributed by atoms with E-state index in [1.807, 2.05) is 10.7 Å². The van der Waals surface area contributed by atoms with Crippen LogP contribution in [0, 0.1) is 0 Å². The number of hydrogen-bond acceptors (Lipinski definition) is 7. The molecule has 0 spiro atoms. The molecule has 0 radical (unpaired) electrons. The van der Waals surface area contributed by atoms with Crippen molar-refractivity contribution in [3.05, 3.63) is 48.9 Å². The molecule has 0 bridgehead atoms. The van der Waals surface area contributed by atoms with Crippen molar-refractivity contribution >= 4 is 17.0 Å². The molecule has 0 saturated carbocycles. The zero-order valence-corrected chi connectivity index (χ0v) is 20.0. The molecule has 182 valence electrons. The lowest BCUT2D eigenvalue weighted by Gasteiger charge is -2.33. The predicted molar refractivity (Wildman–Crippen MR) is 135 cm³/mol. The Hall–Kier alpha value is -3.43. The standard InChI is InChI=1S/C26H31N7O2/c1-34-21-6-11-31(12-7-21)20-4-2-3-18(15-20)24-16-22(25-26(27)28-17-30-33(24)25)23-5-10-29-32(23)19-8-13-35-14-9-19/h2-5,10,15-17,19,21H,6-9,11-14H2,1H3,(H2,27,28,30). The number of piperidine rings is 1. The fourth-order valence-corrected chi connectivity index (χ4v) is 5.43. The van der Waals surface area contributed by atoms with Gasteiger partial charge < -0.3 is 20.1 Å². The predicted octanol–water partition coefficient (Wildman–Crippen LogP) is 3.81. The quantitative estimate of drug-likeness (QED) is 0.471. The van der Waals surface area contributed by atoms with E-state index in [1.165, 1.54) is 12.0 Å². The first kappa shape index (κ1) is 22.1. The second-order valence-electron chi connectivity index (χ2n) is 9.33. The van der Waals surface area contributed by atoms with E-state index in [4.69, 9.17) is 15.2 Å². The topological polar surface area (TPSA) is 95.7 Å². The van der Waals surface area contributed by atoms with Gasteiger partial charge in [-0.2, -0.15) is 10.2 Å². The lowest BCUT2D eigenvalue weighted by atomic mass is 10.0. The summed E-state index contributed by atoms with van der Waals surface area (Å²) in [7, 11) is 1.80. The van der Waals surface area contributed by atoms with Gasteiger partial charge in [-0.1, -0.05) is 12.1 Å². The van der Waals surface area contributed by atoms with Crippen molar-refractivity contribution in [1.29, 1.82) is 0 Å². The summed E-state index contributed by atoms with van der Waals surface area (Å²) in [5.74, 6) is 0.457. The smallest absolute Gasteiger partial charge is 0.152 e. The van der Waals surface area contributed by atoms with Crippen LogP contribution < -0.4 is 10.6 Å². The highest BCUT2D eigenvalue weighted by molar-refractivity contribution is 5.91. The summed E-state index contributed by atoms with van der Waals surface area (Å²) in [6, 6.07) is 13.2. The van der Waals surface area contributed by atoms with Crippen molar-refractivity contribution in [3.63, 3.8) is 0 Å². The average molecular weight is 474 g/mol. The van der Waals surface area contributed by atoms with Crippen LogP contribution in [-0.4, -0.2) is 63.9 Å². The molecule has 9 heteroatoms. The third kappa shape index (κ3) is 4.04. The molecule has 2 saturated heterocycles. The Bertz CT molecular complexity index is 1320. The average Bonchev–Trinajstić information content (AvgIpc) is 3.55. The lowest BCUT2D eigenvalue weighted by Crippen LogP contribution is -2.36. The molecule has 35 heavy (non-hydrogen) atoms. The van der Waals surface area contributed by atoms with E-state index in [0.29, 0.717) is 18.0 Å². The van der Waals surface area contributed by atoms with Crippen LogP contribution in [0.3, 0.4) is 0 Å². The number of nitrogen functional groups attached to an aromatic ring is 1. The molecular formula is C26H31N7O2. The summed E-state index contributed by atoms with van der Waals surface area (Å²) in [6.07, 6.45) is 7.70. The zero-order chi connectivity index (χ0) is 23.8. The third-order valence-corrected chi connectivity index (χ3v) is 7.35. The number of nitrogens with two attached hydrogens (primary N) is 1. The Balaban J connectivity index is 1.42. The second kappa shape index (κ2) is 9.31. The minimum absolute atomic E-state index is 0.302. The number of benzene rings is 1. The summed E-state index contributed by atoms with van der Waals surface area (Å²) in [5.41, 5.74) is 12.5. The largest absolute Gasteiger partial charge is 0.382 e. The Morgan fingerprint density at radius 1 is 1.00 bits per heavy atom. The molecule has 2 aliphatic heterocycles. The van der Waals surface area contributed by atoms with Crippen LogP contribution in [0.2, 0.25) is 0 Å². The Kier molecular flexibility index (Phi) is 5.87. The van der Waals surface area contributed by atoms with Gasteiger partial charge in [0.15, 0.2) is 5.82 Å². The molecule has 1 aromatic carbocycles. The molecule has 0 unspecified atom stereocenters. The fraction of sp³-hybridized carbons (Fsp3) is 0.423. The normalized spacial score (nSPS) is 17.9. The first-order valence-electron chi connectivity index (χ1n) is 12.3. The molecule has 2 aliphatic rings. The number of anilines is 2. The van der Waals surface area contributed by atoms with Crippen LogP contribution >= 0.6 is 0 Å². The first-order valence-corrected chi connectivity index (χ1v) is 12.3. The SMILES string of the molecule is COC1CCN(c2cccc(-c3cc(-c4ccnn4C4CCOCC4)c4c(N)ncnn34)c2)CC1. The van der Waals surface area contributed by atoms with Crippen LogP contribution in [0.1, 0.15) is 31.7 Å². The van der Waals surface area contributed by atoms with Crippen molar-refractivity contribution in [2.75, 3.05) is 44.0 Å².